The summed E-state index contributed by atoms with van der Waals surface area (Å²) < 4.78 is 2.17. The lowest BCUT2D eigenvalue weighted by Crippen LogP contribution is -2.33. The first-order valence-electron chi connectivity index (χ1n) is 10.00. The third-order valence-electron chi connectivity index (χ3n) is 5.55. The van der Waals surface area contributed by atoms with Crippen molar-refractivity contribution < 1.29 is 4.79 Å². The maximum Gasteiger partial charge on any atom is 0.226 e. The van der Waals surface area contributed by atoms with E-state index in [1.165, 1.54) is 5.69 Å². The second-order valence-electron chi connectivity index (χ2n) is 7.44. The average Bonchev–Trinajstić information content (AvgIpc) is 3.26. The number of pyridine rings is 1. The summed E-state index contributed by atoms with van der Waals surface area (Å²) >= 11 is 5.67. The van der Waals surface area contributed by atoms with Crippen LogP contribution in [0.5, 0.6) is 0 Å². The van der Waals surface area contributed by atoms with Crippen LogP contribution in [0.4, 0.5) is 5.69 Å². The summed E-state index contributed by atoms with van der Waals surface area (Å²) in [6.07, 6.45) is 2.13. The predicted octanol–water partition coefficient (Wildman–Crippen LogP) is 3.73. The molecule has 7 heteroatoms. The Morgan fingerprint density at radius 2 is 1.90 bits per heavy atom. The summed E-state index contributed by atoms with van der Waals surface area (Å²) in [4.78, 5) is 19.2. The molecule has 0 aliphatic carbocycles. The first-order chi connectivity index (χ1) is 14.5. The zero-order valence-electron chi connectivity index (χ0n) is 17.1. The lowest BCUT2D eigenvalue weighted by molar-refractivity contribution is -0.116. The average molecular weight is 420 g/mol. The minimum Gasteiger partial charge on any atom is -0.352 e. The van der Waals surface area contributed by atoms with Crippen molar-refractivity contribution in [3.8, 4) is 0 Å². The molecule has 2 N–H and O–H groups in total. The van der Waals surface area contributed by atoms with Gasteiger partial charge in [-0.1, -0.05) is 24.3 Å². The molecule has 1 aliphatic rings. The number of rotatable bonds is 6. The van der Waals surface area contributed by atoms with Gasteiger partial charge in [0.1, 0.15) is 0 Å². The third-order valence-corrected chi connectivity index (χ3v) is 5.90. The highest BCUT2D eigenvalue weighted by molar-refractivity contribution is 7.80. The minimum absolute atomic E-state index is 0.0351. The molecular formula is C23H25N5OS. The number of aromatic nitrogens is 2. The lowest BCUT2D eigenvalue weighted by Gasteiger charge is -2.28. The Morgan fingerprint density at radius 1 is 1.13 bits per heavy atom. The van der Waals surface area contributed by atoms with Crippen LogP contribution in [0.25, 0.3) is 0 Å². The van der Waals surface area contributed by atoms with Crippen molar-refractivity contribution in [3.63, 3.8) is 0 Å². The second kappa shape index (κ2) is 8.67. The van der Waals surface area contributed by atoms with E-state index in [4.69, 9.17) is 12.2 Å². The van der Waals surface area contributed by atoms with E-state index in [1.807, 2.05) is 48.5 Å². The monoisotopic (exact) mass is 419 g/mol. The summed E-state index contributed by atoms with van der Waals surface area (Å²) in [7, 11) is 2.06. The van der Waals surface area contributed by atoms with E-state index in [0.717, 1.165) is 17.1 Å². The summed E-state index contributed by atoms with van der Waals surface area (Å²) in [5.41, 5.74) is 4.04. The highest BCUT2D eigenvalue weighted by Crippen LogP contribution is 2.38. The van der Waals surface area contributed by atoms with E-state index in [-0.39, 0.29) is 18.0 Å². The number of aryl methyl sites for hydroxylation is 1. The molecule has 2 aromatic heterocycles. The summed E-state index contributed by atoms with van der Waals surface area (Å²) in [6.45, 7) is 2.60. The molecule has 1 amide bonds. The van der Waals surface area contributed by atoms with Gasteiger partial charge in [0, 0.05) is 43.3 Å². The third kappa shape index (κ3) is 4.07. The van der Waals surface area contributed by atoms with Gasteiger partial charge in [0.05, 0.1) is 17.8 Å². The highest BCUT2D eigenvalue weighted by atomic mass is 32.1. The minimum atomic E-state index is -0.0797. The first kappa shape index (κ1) is 20.1. The fourth-order valence-corrected chi connectivity index (χ4v) is 4.20. The molecule has 3 aromatic rings. The molecule has 1 aliphatic heterocycles. The van der Waals surface area contributed by atoms with Crippen molar-refractivity contribution in [2.75, 3.05) is 11.9 Å². The predicted molar refractivity (Wildman–Crippen MR) is 122 cm³/mol. The van der Waals surface area contributed by atoms with Crippen LogP contribution >= 0.6 is 12.2 Å². The largest absolute Gasteiger partial charge is 0.352 e. The van der Waals surface area contributed by atoms with Crippen molar-refractivity contribution >= 4 is 28.9 Å². The number of carbonyl (C=O) groups excluding carboxylic acids is 1. The van der Waals surface area contributed by atoms with Gasteiger partial charge in [0.2, 0.25) is 5.91 Å². The molecule has 2 atom stereocenters. The Bertz CT molecular complexity index is 1030. The number of hydrogen-bond donors (Lipinski definition) is 2. The van der Waals surface area contributed by atoms with Crippen LogP contribution in [0.3, 0.4) is 0 Å². The Kier molecular flexibility index (Phi) is 5.81. The van der Waals surface area contributed by atoms with Gasteiger partial charge in [0.25, 0.3) is 0 Å². The maximum atomic E-state index is 12.5. The molecular weight excluding hydrogens is 394 g/mol. The smallest absolute Gasteiger partial charge is 0.226 e. The lowest BCUT2D eigenvalue weighted by atomic mass is 10.0. The number of nitrogens with one attached hydrogen (secondary N) is 2. The standard InChI is InChI=1S/C23H25N5OS/c1-16-11-12-19(27(16)2)22-21(18-10-6-7-14-24-18)26-23(30)28(22)15-13-20(29)25-17-8-4-3-5-9-17/h3-12,14,21-22H,13,15H2,1-2H3,(H,25,29)(H,26,30). The van der Waals surface area contributed by atoms with Gasteiger partial charge in [-0.15, -0.1) is 0 Å². The molecule has 2 unspecified atom stereocenters. The fraction of sp³-hybridized carbons (Fsp3) is 0.261. The van der Waals surface area contributed by atoms with Crippen LogP contribution in [-0.4, -0.2) is 32.0 Å². The summed E-state index contributed by atoms with van der Waals surface area (Å²) in [6, 6.07) is 19.5. The molecule has 1 fully saturated rings. The number of hydrogen-bond acceptors (Lipinski definition) is 3. The van der Waals surface area contributed by atoms with Crippen molar-refractivity contribution in [2.45, 2.75) is 25.4 Å². The van der Waals surface area contributed by atoms with Gasteiger partial charge in [-0.05, 0) is 55.5 Å². The zero-order chi connectivity index (χ0) is 21.1. The van der Waals surface area contributed by atoms with E-state index in [2.05, 4.69) is 51.2 Å². The second-order valence-corrected chi connectivity index (χ2v) is 7.83. The van der Waals surface area contributed by atoms with E-state index < -0.39 is 0 Å². The van der Waals surface area contributed by atoms with E-state index in [1.54, 1.807) is 6.20 Å². The Balaban J connectivity index is 1.56. The van der Waals surface area contributed by atoms with E-state index in [9.17, 15) is 4.79 Å². The van der Waals surface area contributed by atoms with Crippen LogP contribution in [0.15, 0.2) is 66.9 Å². The maximum absolute atomic E-state index is 12.5. The van der Waals surface area contributed by atoms with Crippen LogP contribution in [0, 0.1) is 6.92 Å². The SMILES string of the molecule is Cc1ccc(C2C(c3ccccn3)NC(=S)N2CCC(=O)Nc2ccccc2)n1C. The normalized spacial score (nSPS) is 18.3. The number of amides is 1. The topological polar surface area (TPSA) is 62.2 Å². The molecule has 0 radical (unpaired) electrons. The molecule has 0 spiro atoms. The Hall–Kier alpha value is -3.19. The van der Waals surface area contributed by atoms with Crippen molar-refractivity contribution in [1.29, 1.82) is 0 Å². The van der Waals surface area contributed by atoms with Crippen molar-refractivity contribution in [1.82, 2.24) is 19.8 Å². The van der Waals surface area contributed by atoms with E-state index >= 15 is 0 Å². The number of benzene rings is 1. The quantitative estimate of drug-likeness (QED) is 0.596. The molecule has 0 saturated carbocycles. The molecule has 30 heavy (non-hydrogen) atoms. The first-order valence-corrected chi connectivity index (χ1v) is 10.4. The molecule has 6 nitrogen and oxygen atoms in total. The summed E-state index contributed by atoms with van der Waals surface area (Å²) in [5.74, 6) is -0.0351. The number of anilines is 1. The van der Waals surface area contributed by atoms with Crippen LogP contribution in [0.2, 0.25) is 0 Å². The molecule has 154 valence electrons. The Labute approximate surface area is 181 Å². The van der Waals surface area contributed by atoms with Gasteiger partial charge in [0.15, 0.2) is 5.11 Å². The van der Waals surface area contributed by atoms with Crippen molar-refractivity contribution in [3.05, 3.63) is 83.9 Å². The van der Waals surface area contributed by atoms with Gasteiger partial charge >= 0.3 is 0 Å². The van der Waals surface area contributed by atoms with Crippen LogP contribution < -0.4 is 10.6 Å². The number of thiocarbonyl (C=S) groups is 1. The van der Waals surface area contributed by atoms with Crippen LogP contribution in [-0.2, 0) is 11.8 Å². The number of carbonyl (C=O) groups is 1. The van der Waals surface area contributed by atoms with Gasteiger partial charge in [-0.2, -0.15) is 0 Å². The van der Waals surface area contributed by atoms with Gasteiger partial charge < -0.3 is 20.1 Å². The molecule has 1 aromatic carbocycles. The number of nitrogens with zero attached hydrogens (tertiary/aromatic N) is 3. The molecule has 0 bridgehead atoms. The number of para-hydroxylation sites is 1. The Morgan fingerprint density at radius 3 is 2.57 bits per heavy atom. The molecule has 3 heterocycles. The zero-order valence-corrected chi connectivity index (χ0v) is 17.9. The summed E-state index contributed by atoms with van der Waals surface area (Å²) in [5, 5.41) is 7.02. The van der Waals surface area contributed by atoms with Crippen molar-refractivity contribution in [2.24, 2.45) is 7.05 Å². The molecule has 1 saturated heterocycles. The fourth-order valence-electron chi connectivity index (χ4n) is 3.87. The highest BCUT2D eigenvalue weighted by Gasteiger charge is 2.41. The molecule has 4 rings (SSSR count). The van der Waals surface area contributed by atoms with Gasteiger partial charge in [-0.25, -0.2) is 0 Å². The van der Waals surface area contributed by atoms with E-state index in [0.29, 0.717) is 18.1 Å². The van der Waals surface area contributed by atoms with Gasteiger partial charge in [-0.3, -0.25) is 9.78 Å². The van der Waals surface area contributed by atoms with Crippen LogP contribution in [0.1, 0.15) is 35.6 Å².